The van der Waals surface area contributed by atoms with Crippen LogP contribution in [0.3, 0.4) is 0 Å². The lowest BCUT2D eigenvalue weighted by molar-refractivity contribution is -0.146. The highest BCUT2D eigenvalue weighted by atomic mass is 16.7. The Morgan fingerprint density at radius 3 is 2.95 bits per heavy atom. The summed E-state index contributed by atoms with van der Waals surface area (Å²) in [5, 5.41) is 2.91. The van der Waals surface area contributed by atoms with Gasteiger partial charge in [0.05, 0.1) is 13.2 Å². The molecule has 0 bridgehead atoms. The lowest BCUT2D eigenvalue weighted by atomic mass is 10.1. The zero-order valence-corrected chi connectivity index (χ0v) is 11.9. The monoisotopic (exact) mass is 278 g/mol. The number of amides is 1. The number of hydrogen-bond donors (Lipinski definition) is 1. The van der Waals surface area contributed by atoms with Gasteiger partial charge in [-0.3, -0.25) is 9.78 Å². The Hall–Kier alpha value is -1.46. The number of rotatable bonds is 7. The number of nitrogens with one attached hydrogen (secondary N) is 1. The molecular weight excluding hydrogens is 256 g/mol. The number of aromatic nitrogens is 1. The zero-order valence-electron chi connectivity index (χ0n) is 11.9. The van der Waals surface area contributed by atoms with E-state index in [-0.39, 0.29) is 5.91 Å². The van der Waals surface area contributed by atoms with E-state index in [0.29, 0.717) is 32.6 Å². The summed E-state index contributed by atoms with van der Waals surface area (Å²) in [4.78, 5) is 15.8. The molecule has 0 atom stereocenters. The average molecular weight is 278 g/mol. The van der Waals surface area contributed by atoms with Crippen LogP contribution in [0.2, 0.25) is 0 Å². The Bertz CT molecular complexity index is 416. The molecule has 1 amide bonds. The molecule has 5 nitrogen and oxygen atoms in total. The van der Waals surface area contributed by atoms with Gasteiger partial charge in [-0.15, -0.1) is 0 Å². The molecule has 5 heteroatoms. The molecule has 0 radical (unpaired) electrons. The first-order chi connectivity index (χ1) is 9.68. The summed E-state index contributed by atoms with van der Waals surface area (Å²) in [5.74, 6) is -0.446. The van der Waals surface area contributed by atoms with E-state index in [1.54, 1.807) is 6.20 Å². The standard InChI is InChI=1S/C15H22N2O3/c1-15(19-10-11-20-15)7-9-17-14(18)6-2-4-13-5-3-8-16-12-13/h3,5,8,12H,2,4,6-7,9-11H2,1H3,(H,17,18). The molecule has 0 spiro atoms. The number of pyridine rings is 1. The fourth-order valence-corrected chi connectivity index (χ4v) is 2.22. The predicted octanol–water partition coefficient (Wildman–Crippen LogP) is 1.67. The molecule has 0 aliphatic carbocycles. The van der Waals surface area contributed by atoms with Crippen molar-refractivity contribution >= 4 is 5.91 Å². The maximum atomic E-state index is 11.7. The lowest BCUT2D eigenvalue weighted by Gasteiger charge is -2.22. The van der Waals surface area contributed by atoms with Gasteiger partial charge in [-0.1, -0.05) is 6.07 Å². The van der Waals surface area contributed by atoms with Crippen molar-refractivity contribution in [2.75, 3.05) is 19.8 Å². The summed E-state index contributed by atoms with van der Waals surface area (Å²) in [7, 11) is 0. The number of carbonyl (C=O) groups is 1. The van der Waals surface area contributed by atoms with Crippen LogP contribution in [0.1, 0.15) is 31.7 Å². The zero-order chi connectivity index (χ0) is 14.3. The maximum Gasteiger partial charge on any atom is 0.220 e. The van der Waals surface area contributed by atoms with Crippen LogP contribution in [0, 0.1) is 0 Å². The van der Waals surface area contributed by atoms with E-state index < -0.39 is 5.79 Å². The minimum absolute atomic E-state index is 0.0792. The molecule has 1 fully saturated rings. The molecule has 1 aromatic rings. The van der Waals surface area contributed by atoms with Crippen molar-refractivity contribution < 1.29 is 14.3 Å². The first kappa shape index (κ1) is 14.9. The van der Waals surface area contributed by atoms with Crippen molar-refractivity contribution in [2.24, 2.45) is 0 Å². The highest BCUT2D eigenvalue weighted by Gasteiger charge is 2.30. The molecule has 2 heterocycles. The maximum absolute atomic E-state index is 11.7. The van der Waals surface area contributed by atoms with Gasteiger partial charge in [0.1, 0.15) is 0 Å². The predicted molar refractivity (Wildman–Crippen MR) is 75.1 cm³/mol. The van der Waals surface area contributed by atoms with Crippen LogP contribution in [-0.4, -0.2) is 36.4 Å². The molecule has 1 aromatic heterocycles. The van der Waals surface area contributed by atoms with E-state index in [1.165, 1.54) is 5.56 Å². The molecule has 0 aromatic carbocycles. The highest BCUT2D eigenvalue weighted by molar-refractivity contribution is 5.75. The van der Waals surface area contributed by atoms with Crippen molar-refractivity contribution in [1.82, 2.24) is 10.3 Å². The van der Waals surface area contributed by atoms with Gasteiger partial charge in [0.15, 0.2) is 5.79 Å². The molecule has 0 saturated carbocycles. The van der Waals surface area contributed by atoms with E-state index in [4.69, 9.17) is 9.47 Å². The number of nitrogens with zero attached hydrogens (tertiary/aromatic N) is 1. The number of hydrogen-bond acceptors (Lipinski definition) is 4. The molecule has 1 saturated heterocycles. The van der Waals surface area contributed by atoms with Gasteiger partial charge in [-0.2, -0.15) is 0 Å². The molecule has 110 valence electrons. The molecule has 2 rings (SSSR count). The normalized spacial score (nSPS) is 17.1. The summed E-state index contributed by atoms with van der Waals surface area (Å²) in [5.41, 5.74) is 1.17. The van der Waals surface area contributed by atoms with Gasteiger partial charge in [-0.25, -0.2) is 0 Å². The first-order valence-electron chi connectivity index (χ1n) is 7.11. The lowest BCUT2D eigenvalue weighted by Crippen LogP contribution is -2.33. The Balaban J connectivity index is 1.56. The van der Waals surface area contributed by atoms with Crippen LogP contribution in [0.25, 0.3) is 0 Å². The molecule has 20 heavy (non-hydrogen) atoms. The third kappa shape index (κ3) is 4.90. The topological polar surface area (TPSA) is 60.5 Å². The average Bonchev–Trinajstić information content (AvgIpc) is 2.87. The van der Waals surface area contributed by atoms with Gasteiger partial charge < -0.3 is 14.8 Å². The fourth-order valence-electron chi connectivity index (χ4n) is 2.22. The number of aryl methyl sites for hydroxylation is 1. The van der Waals surface area contributed by atoms with Gasteiger partial charge in [0.25, 0.3) is 0 Å². The third-order valence-corrected chi connectivity index (χ3v) is 3.39. The molecule has 1 aliphatic heterocycles. The molecule has 0 unspecified atom stereocenters. The van der Waals surface area contributed by atoms with Crippen molar-refractivity contribution in [3.05, 3.63) is 30.1 Å². The van der Waals surface area contributed by atoms with Crippen molar-refractivity contribution in [3.63, 3.8) is 0 Å². The number of carbonyl (C=O) groups excluding carboxylic acids is 1. The fraction of sp³-hybridized carbons (Fsp3) is 0.600. The Kier molecular flexibility index (Phi) is 5.49. The summed E-state index contributed by atoms with van der Waals surface area (Å²) in [6.07, 6.45) is 6.53. The van der Waals surface area contributed by atoms with Crippen molar-refractivity contribution in [1.29, 1.82) is 0 Å². The Labute approximate surface area is 119 Å². The van der Waals surface area contributed by atoms with Gasteiger partial charge in [-0.05, 0) is 31.4 Å². The quantitative estimate of drug-likeness (QED) is 0.824. The Morgan fingerprint density at radius 2 is 2.25 bits per heavy atom. The molecule has 1 N–H and O–H groups in total. The Morgan fingerprint density at radius 1 is 1.45 bits per heavy atom. The van der Waals surface area contributed by atoms with E-state index in [1.807, 2.05) is 25.3 Å². The first-order valence-corrected chi connectivity index (χ1v) is 7.11. The van der Waals surface area contributed by atoms with Crippen molar-refractivity contribution in [2.45, 2.75) is 38.4 Å². The molecule has 1 aliphatic rings. The van der Waals surface area contributed by atoms with Crippen LogP contribution in [0.4, 0.5) is 0 Å². The number of ether oxygens (including phenoxy) is 2. The van der Waals surface area contributed by atoms with E-state index in [0.717, 1.165) is 12.8 Å². The second kappa shape index (κ2) is 7.36. The highest BCUT2D eigenvalue weighted by Crippen LogP contribution is 2.21. The van der Waals surface area contributed by atoms with E-state index in [9.17, 15) is 4.79 Å². The van der Waals surface area contributed by atoms with E-state index >= 15 is 0 Å². The van der Waals surface area contributed by atoms with Gasteiger partial charge in [0.2, 0.25) is 5.91 Å². The summed E-state index contributed by atoms with van der Waals surface area (Å²) in [6.45, 7) is 3.77. The SMILES string of the molecule is CC1(CCNC(=O)CCCc2cccnc2)OCCO1. The third-order valence-electron chi connectivity index (χ3n) is 3.39. The molecular formula is C15H22N2O3. The van der Waals surface area contributed by atoms with E-state index in [2.05, 4.69) is 10.3 Å². The summed E-state index contributed by atoms with van der Waals surface area (Å²) in [6, 6.07) is 3.94. The van der Waals surface area contributed by atoms with Crippen LogP contribution >= 0.6 is 0 Å². The van der Waals surface area contributed by atoms with Crippen LogP contribution in [-0.2, 0) is 20.7 Å². The van der Waals surface area contributed by atoms with Gasteiger partial charge >= 0.3 is 0 Å². The summed E-state index contributed by atoms with van der Waals surface area (Å²) >= 11 is 0. The largest absolute Gasteiger partial charge is 0.356 e. The van der Waals surface area contributed by atoms with Crippen LogP contribution in [0.5, 0.6) is 0 Å². The van der Waals surface area contributed by atoms with Gasteiger partial charge in [0, 0.05) is 31.8 Å². The second-order valence-corrected chi connectivity index (χ2v) is 5.15. The van der Waals surface area contributed by atoms with Crippen LogP contribution < -0.4 is 5.32 Å². The minimum Gasteiger partial charge on any atom is -0.356 e. The van der Waals surface area contributed by atoms with Crippen molar-refractivity contribution in [3.8, 4) is 0 Å². The van der Waals surface area contributed by atoms with Crippen LogP contribution in [0.15, 0.2) is 24.5 Å². The minimum atomic E-state index is -0.525. The summed E-state index contributed by atoms with van der Waals surface area (Å²) < 4.78 is 11.0. The second-order valence-electron chi connectivity index (χ2n) is 5.15. The smallest absolute Gasteiger partial charge is 0.220 e.